The lowest BCUT2D eigenvalue weighted by Crippen LogP contribution is -2.40. The van der Waals surface area contributed by atoms with Crippen molar-refractivity contribution < 1.29 is 42.9 Å². The number of halogens is 2. The average molecular weight is 536 g/mol. The van der Waals surface area contributed by atoms with Gasteiger partial charge in [0.15, 0.2) is 0 Å². The summed E-state index contributed by atoms with van der Waals surface area (Å²) in [6, 6.07) is 12.5. The van der Waals surface area contributed by atoms with E-state index in [1.807, 2.05) is 13.0 Å². The summed E-state index contributed by atoms with van der Waals surface area (Å²) in [6.45, 7) is 7.78. The number of benzene rings is 2. The zero-order valence-electron chi connectivity index (χ0n) is 21.6. The summed E-state index contributed by atoms with van der Waals surface area (Å²) in [5.74, 6) is -3.57. The normalized spacial score (nSPS) is 18.1. The van der Waals surface area contributed by atoms with Gasteiger partial charge in [-0.05, 0) is 73.5 Å². The van der Waals surface area contributed by atoms with Crippen molar-refractivity contribution in [3.63, 3.8) is 0 Å². The maximum Gasteiger partial charge on any atom is 0.414 e. The summed E-state index contributed by atoms with van der Waals surface area (Å²) in [5.41, 5.74) is 1.51. The Balaban J connectivity index is 0.000000757. The van der Waals surface area contributed by atoms with Gasteiger partial charge in [-0.3, -0.25) is 4.79 Å². The van der Waals surface area contributed by atoms with Crippen LogP contribution in [0.15, 0.2) is 48.5 Å². The highest BCUT2D eigenvalue weighted by Crippen LogP contribution is 2.28. The van der Waals surface area contributed by atoms with Gasteiger partial charge in [0.25, 0.3) is 0 Å². The molecule has 1 saturated heterocycles. The number of piperidine rings is 1. The van der Waals surface area contributed by atoms with Crippen LogP contribution >= 0.6 is 0 Å². The van der Waals surface area contributed by atoms with Crippen molar-refractivity contribution in [2.24, 2.45) is 11.8 Å². The minimum Gasteiger partial charge on any atom is -0.473 e. The first-order chi connectivity index (χ1) is 18.1. The number of esters is 1. The molecule has 1 fully saturated rings. The lowest BCUT2D eigenvalue weighted by Gasteiger charge is -2.36. The van der Waals surface area contributed by atoms with Gasteiger partial charge in [-0.15, -0.1) is 0 Å². The topological polar surface area (TPSA) is 113 Å². The molecule has 3 atom stereocenters. The molecule has 8 nitrogen and oxygen atoms in total. The molecular weight excluding hydrogens is 500 g/mol. The molecule has 1 aliphatic rings. The third-order valence-corrected chi connectivity index (χ3v) is 6.31. The van der Waals surface area contributed by atoms with Gasteiger partial charge in [0.2, 0.25) is 0 Å². The van der Waals surface area contributed by atoms with Gasteiger partial charge in [0, 0.05) is 26.1 Å². The largest absolute Gasteiger partial charge is 0.473 e. The molecule has 0 saturated carbocycles. The minimum absolute atomic E-state index is 0.101. The highest BCUT2D eigenvalue weighted by Gasteiger charge is 2.28. The molecule has 1 heterocycles. The fraction of sp³-hybridized carbons (Fsp3) is 0.464. The van der Waals surface area contributed by atoms with E-state index in [4.69, 9.17) is 29.3 Å². The van der Waals surface area contributed by atoms with E-state index >= 15 is 0 Å². The number of carbonyl (C=O) groups excluding carboxylic acids is 1. The van der Waals surface area contributed by atoms with Crippen LogP contribution in [0.4, 0.5) is 8.78 Å². The second kappa shape index (κ2) is 15.8. The highest BCUT2D eigenvalue weighted by molar-refractivity contribution is 6.27. The fourth-order valence-electron chi connectivity index (χ4n) is 4.40. The molecule has 2 aromatic carbocycles. The molecule has 10 heteroatoms. The predicted octanol–water partition coefficient (Wildman–Crippen LogP) is 4.53. The van der Waals surface area contributed by atoms with Gasteiger partial charge >= 0.3 is 17.9 Å². The van der Waals surface area contributed by atoms with E-state index < -0.39 is 18.0 Å². The zero-order valence-corrected chi connectivity index (χ0v) is 21.6. The molecule has 0 aliphatic carbocycles. The number of carboxylic acid groups (broad SMARTS) is 2. The van der Waals surface area contributed by atoms with Crippen molar-refractivity contribution in [3.05, 3.63) is 71.3 Å². The van der Waals surface area contributed by atoms with Gasteiger partial charge < -0.3 is 24.6 Å². The molecule has 0 amide bonds. The predicted molar refractivity (Wildman–Crippen MR) is 135 cm³/mol. The van der Waals surface area contributed by atoms with Crippen molar-refractivity contribution in [2.75, 3.05) is 32.8 Å². The van der Waals surface area contributed by atoms with Gasteiger partial charge in [0.05, 0.1) is 6.61 Å². The van der Waals surface area contributed by atoms with Crippen molar-refractivity contribution in [2.45, 2.75) is 39.2 Å². The summed E-state index contributed by atoms with van der Waals surface area (Å²) in [7, 11) is 0. The van der Waals surface area contributed by atoms with Crippen LogP contribution in [0.2, 0.25) is 0 Å². The molecule has 0 aromatic heterocycles. The van der Waals surface area contributed by atoms with Crippen molar-refractivity contribution in [1.82, 2.24) is 4.90 Å². The van der Waals surface area contributed by atoms with Crippen LogP contribution in [0, 0.1) is 23.5 Å². The van der Waals surface area contributed by atoms with Crippen LogP contribution in [-0.4, -0.2) is 65.9 Å². The van der Waals surface area contributed by atoms with E-state index in [9.17, 15) is 13.6 Å². The Morgan fingerprint density at radius 3 is 2.29 bits per heavy atom. The summed E-state index contributed by atoms with van der Waals surface area (Å²) >= 11 is 0. The number of hydrogen-bond donors (Lipinski definition) is 2. The molecule has 1 aliphatic heterocycles. The van der Waals surface area contributed by atoms with Gasteiger partial charge in [-0.25, -0.2) is 18.4 Å². The molecule has 208 valence electrons. The number of aliphatic carboxylic acids is 2. The van der Waals surface area contributed by atoms with Gasteiger partial charge in [-0.2, -0.15) is 0 Å². The first kappa shape index (κ1) is 30.9. The molecule has 0 radical (unpaired) electrons. The number of carbonyl (C=O) groups is 3. The number of ether oxygens (including phenoxy) is 2. The Hall–Kier alpha value is -3.37. The number of likely N-dealkylation sites (tertiary alicyclic amines) is 1. The SMILES string of the molecule is CCOC(=O)C[C@H]1CCN(CCCOC(c2ccc(F)cc2)c2cccc(F)c2)C[C@@H]1C.O=C(O)C(=O)O. The molecular formula is C28H35F2NO7. The first-order valence-electron chi connectivity index (χ1n) is 12.6. The Morgan fingerprint density at radius 2 is 1.71 bits per heavy atom. The molecule has 0 spiro atoms. The van der Waals surface area contributed by atoms with E-state index in [-0.39, 0.29) is 17.6 Å². The number of rotatable bonds is 10. The van der Waals surface area contributed by atoms with E-state index in [0.717, 1.165) is 38.0 Å². The minimum atomic E-state index is -1.82. The maximum absolute atomic E-state index is 13.8. The van der Waals surface area contributed by atoms with Crippen molar-refractivity contribution in [1.29, 1.82) is 0 Å². The first-order valence-corrected chi connectivity index (χ1v) is 12.6. The van der Waals surface area contributed by atoms with Crippen LogP contribution < -0.4 is 0 Å². The van der Waals surface area contributed by atoms with Crippen molar-refractivity contribution >= 4 is 17.9 Å². The van der Waals surface area contributed by atoms with Crippen LogP contribution in [0.25, 0.3) is 0 Å². The van der Waals surface area contributed by atoms with Crippen LogP contribution in [0.3, 0.4) is 0 Å². The van der Waals surface area contributed by atoms with E-state index in [2.05, 4.69) is 11.8 Å². The van der Waals surface area contributed by atoms with E-state index in [1.54, 1.807) is 18.2 Å². The van der Waals surface area contributed by atoms with Gasteiger partial charge in [-0.1, -0.05) is 31.2 Å². The molecule has 2 aromatic rings. The summed E-state index contributed by atoms with van der Waals surface area (Å²) in [5, 5.41) is 14.8. The van der Waals surface area contributed by atoms with Crippen molar-refractivity contribution in [3.8, 4) is 0 Å². The zero-order chi connectivity index (χ0) is 28.1. The lowest BCUT2D eigenvalue weighted by atomic mass is 9.84. The Kier molecular flexibility index (Phi) is 12.8. The molecule has 3 rings (SSSR count). The Morgan fingerprint density at radius 1 is 1.03 bits per heavy atom. The Bertz CT molecular complexity index is 1040. The monoisotopic (exact) mass is 535 g/mol. The third-order valence-electron chi connectivity index (χ3n) is 6.31. The second-order valence-electron chi connectivity index (χ2n) is 9.16. The van der Waals surface area contributed by atoms with Crippen LogP contribution in [0.5, 0.6) is 0 Å². The maximum atomic E-state index is 13.8. The summed E-state index contributed by atoms with van der Waals surface area (Å²) < 4.78 is 38.4. The summed E-state index contributed by atoms with van der Waals surface area (Å²) in [4.78, 5) is 32.4. The average Bonchev–Trinajstić information content (AvgIpc) is 2.87. The van der Waals surface area contributed by atoms with Crippen LogP contribution in [0.1, 0.15) is 50.3 Å². The third kappa shape index (κ3) is 10.5. The highest BCUT2D eigenvalue weighted by atomic mass is 19.1. The lowest BCUT2D eigenvalue weighted by molar-refractivity contribution is -0.159. The van der Waals surface area contributed by atoms with E-state index in [0.29, 0.717) is 37.0 Å². The smallest absolute Gasteiger partial charge is 0.414 e. The summed E-state index contributed by atoms with van der Waals surface area (Å²) in [6.07, 6.45) is 1.88. The molecule has 1 unspecified atom stereocenters. The Labute approximate surface area is 221 Å². The molecule has 38 heavy (non-hydrogen) atoms. The van der Waals surface area contributed by atoms with Crippen LogP contribution in [-0.2, 0) is 23.9 Å². The number of carboxylic acids is 2. The second-order valence-corrected chi connectivity index (χ2v) is 9.16. The molecule has 2 N–H and O–H groups in total. The standard InChI is InChI=1S/C26H33F2NO3.C2H2O4/c1-3-31-25(30)17-21-12-14-29(18-19(21)2)13-5-15-32-26(20-8-10-23(27)11-9-20)22-6-4-7-24(28)16-22;3-1(4)2(5)6/h4,6-11,16,19,21,26H,3,5,12-15,17-18H2,1-2H3;(H,3,4)(H,5,6)/t19-,21+,26?;/m0./s1. The van der Waals surface area contributed by atoms with E-state index in [1.165, 1.54) is 24.3 Å². The molecule has 0 bridgehead atoms. The fourth-order valence-corrected chi connectivity index (χ4v) is 4.40. The quantitative estimate of drug-likeness (QED) is 0.259. The number of nitrogens with zero attached hydrogens (tertiary/aromatic N) is 1. The van der Waals surface area contributed by atoms with Gasteiger partial charge in [0.1, 0.15) is 17.7 Å². The number of hydrogen-bond acceptors (Lipinski definition) is 6.